The normalized spacial score (nSPS) is 16.1. The minimum Gasteiger partial charge on any atom is -0.294 e. The van der Waals surface area contributed by atoms with E-state index in [9.17, 15) is 13.2 Å². The van der Waals surface area contributed by atoms with Crippen LogP contribution in [0.4, 0.5) is 0 Å². The molecule has 0 amide bonds. The van der Waals surface area contributed by atoms with E-state index in [1.807, 2.05) is 0 Å². The third-order valence-electron chi connectivity index (χ3n) is 2.67. The highest BCUT2D eigenvalue weighted by Gasteiger charge is 2.30. The van der Waals surface area contributed by atoms with Crippen LogP contribution in [0.5, 0.6) is 0 Å². The van der Waals surface area contributed by atoms with E-state index in [0.29, 0.717) is 5.56 Å². The first kappa shape index (κ1) is 11.3. The van der Waals surface area contributed by atoms with Crippen molar-refractivity contribution in [3.05, 3.63) is 29.8 Å². The highest BCUT2D eigenvalue weighted by Crippen LogP contribution is 2.32. The molecule has 1 N–H and O–H groups in total. The second kappa shape index (κ2) is 3.99. The number of nitrogens with one attached hydrogen (secondary N) is 1. The van der Waals surface area contributed by atoms with Crippen molar-refractivity contribution in [1.29, 1.82) is 0 Å². The van der Waals surface area contributed by atoms with Gasteiger partial charge < -0.3 is 0 Å². The maximum atomic E-state index is 11.7. The number of ketones is 1. The van der Waals surface area contributed by atoms with Gasteiger partial charge in [-0.25, -0.2) is 13.1 Å². The molecule has 1 fully saturated rings. The zero-order valence-corrected chi connectivity index (χ0v) is 9.75. The average molecular weight is 239 g/mol. The van der Waals surface area contributed by atoms with E-state index in [4.69, 9.17) is 0 Å². The number of rotatable bonds is 4. The van der Waals surface area contributed by atoms with Crippen LogP contribution in [-0.2, 0) is 10.0 Å². The second-order valence-corrected chi connectivity index (χ2v) is 5.76. The van der Waals surface area contributed by atoms with E-state index >= 15 is 0 Å². The van der Waals surface area contributed by atoms with Gasteiger partial charge in [-0.05, 0) is 32.0 Å². The first-order valence-electron chi connectivity index (χ1n) is 5.12. The van der Waals surface area contributed by atoms with Gasteiger partial charge >= 0.3 is 0 Å². The molecule has 0 aliphatic heterocycles. The number of sulfonamides is 1. The van der Waals surface area contributed by atoms with Gasteiger partial charge in [-0.2, -0.15) is 0 Å². The molecule has 0 spiro atoms. The van der Waals surface area contributed by atoms with Crippen molar-refractivity contribution in [3.8, 4) is 0 Å². The van der Waals surface area contributed by atoms with Crippen molar-refractivity contribution in [3.63, 3.8) is 0 Å². The summed E-state index contributed by atoms with van der Waals surface area (Å²) in [5.41, 5.74) is 0.595. The minimum absolute atomic E-state index is 0.119. The third-order valence-corrected chi connectivity index (χ3v) is 4.10. The predicted octanol–water partition coefficient (Wildman–Crippen LogP) is 1.19. The molecule has 0 atom stereocenters. The molecule has 0 heterocycles. The number of hydrogen-bond acceptors (Lipinski definition) is 3. The Bertz CT molecular complexity index is 501. The van der Waals surface area contributed by atoms with Crippen LogP contribution in [0.2, 0.25) is 0 Å². The summed E-state index contributed by atoms with van der Waals surface area (Å²) in [7, 11) is -2.05. The van der Waals surface area contributed by atoms with Gasteiger partial charge in [0.15, 0.2) is 5.78 Å². The van der Waals surface area contributed by atoms with Gasteiger partial charge in [0.2, 0.25) is 10.0 Å². The van der Waals surface area contributed by atoms with E-state index in [1.165, 1.54) is 19.2 Å². The van der Waals surface area contributed by atoms with Crippen LogP contribution < -0.4 is 4.72 Å². The molecule has 1 saturated carbocycles. The van der Waals surface area contributed by atoms with E-state index in [2.05, 4.69) is 4.72 Å². The smallest absolute Gasteiger partial charge is 0.240 e. The lowest BCUT2D eigenvalue weighted by molar-refractivity contribution is 0.0967. The Balaban J connectivity index is 2.25. The Morgan fingerprint density at radius 3 is 2.25 bits per heavy atom. The molecule has 0 unspecified atom stereocenters. The maximum Gasteiger partial charge on any atom is 0.240 e. The quantitative estimate of drug-likeness (QED) is 0.803. The Labute approximate surface area is 94.7 Å². The van der Waals surface area contributed by atoms with Gasteiger partial charge in [-0.15, -0.1) is 0 Å². The highest BCUT2D eigenvalue weighted by atomic mass is 32.2. The number of Topliss-reactive ketones (excluding diaryl/α,β-unsaturated/α-hetero) is 1. The number of hydrogen-bond donors (Lipinski definition) is 1. The fourth-order valence-corrected chi connectivity index (χ4v) is 2.23. The van der Waals surface area contributed by atoms with E-state index in [-0.39, 0.29) is 16.6 Å². The van der Waals surface area contributed by atoms with Gasteiger partial charge in [-0.3, -0.25) is 4.79 Å². The Hall–Kier alpha value is -1.20. The fraction of sp³-hybridized carbons (Fsp3) is 0.364. The largest absolute Gasteiger partial charge is 0.294 e. The first-order chi connectivity index (χ1) is 7.54. The summed E-state index contributed by atoms with van der Waals surface area (Å²) < 4.78 is 25.1. The molecule has 0 radical (unpaired) electrons. The summed E-state index contributed by atoms with van der Waals surface area (Å²) in [5.74, 6) is 0.278. The lowest BCUT2D eigenvalue weighted by atomic mass is 10.1. The molecule has 0 saturated heterocycles. The predicted molar refractivity (Wildman–Crippen MR) is 59.7 cm³/mol. The number of benzene rings is 1. The van der Waals surface area contributed by atoms with Crippen LogP contribution in [0.15, 0.2) is 29.2 Å². The van der Waals surface area contributed by atoms with E-state index in [1.54, 1.807) is 12.1 Å². The van der Waals surface area contributed by atoms with Crippen LogP contribution >= 0.6 is 0 Å². The molecule has 1 aliphatic carbocycles. The molecule has 0 aromatic heterocycles. The van der Waals surface area contributed by atoms with Crippen LogP contribution in [0.1, 0.15) is 23.2 Å². The summed E-state index contributed by atoms with van der Waals surface area (Å²) in [6.07, 6.45) is 1.91. The molecule has 1 aromatic rings. The van der Waals surface area contributed by atoms with Crippen LogP contribution in [-0.4, -0.2) is 21.2 Å². The van der Waals surface area contributed by atoms with Gasteiger partial charge in [0.25, 0.3) is 0 Å². The minimum atomic E-state index is -3.41. The van der Waals surface area contributed by atoms with Crippen molar-refractivity contribution in [1.82, 2.24) is 4.72 Å². The number of carbonyl (C=O) groups is 1. The maximum absolute atomic E-state index is 11.7. The van der Waals surface area contributed by atoms with E-state index in [0.717, 1.165) is 12.8 Å². The van der Waals surface area contributed by atoms with Gasteiger partial charge in [0.05, 0.1) is 4.90 Å². The Morgan fingerprint density at radius 2 is 1.81 bits per heavy atom. The third kappa shape index (κ3) is 2.15. The molecular formula is C11H13NO3S. The highest BCUT2D eigenvalue weighted by molar-refractivity contribution is 7.89. The fourth-order valence-electron chi connectivity index (χ4n) is 1.50. The van der Waals surface area contributed by atoms with Gasteiger partial charge in [0, 0.05) is 11.5 Å². The summed E-state index contributed by atoms with van der Waals surface area (Å²) in [4.78, 5) is 11.9. The first-order valence-corrected chi connectivity index (χ1v) is 6.61. The monoisotopic (exact) mass is 239 g/mol. The molecular weight excluding hydrogens is 226 g/mol. The SMILES string of the molecule is CNS(=O)(=O)c1ccc(C(=O)C2CC2)cc1. The summed E-state index contributed by atoms with van der Waals surface area (Å²) >= 11 is 0. The summed E-state index contributed by atoms with van der Waals surface area (Å²) in [6.45, 7) is 0. The van der Waals surface area contributed by atoms with Gasteiger partial charge in [0.1, 0.15) is 0 Å². The van der Waals surface area contributed by atoms with Gasteiger partial charge in [-0.1, -0.05) is 12.1 Å². The molecule has 1 aromatic carbocycles. The van der Waals surface area contributed by atoms with Crippen LogP contribution in [0.25, 0.3) is 0 Å². The van der Waals surface area contributed by atoms with E-state index < -0.39 is 10.0 Å². The lowest BCUT2D eigenvalue weighted by Gasteiger charge is -2.03. The standard InChI is InChI=1S/C11H13NO3S/c1-12-16(14,15)10-6-4-9(5-7-10)11(13)8-2-3-8/h4-8,12H,2-3H2,1H3. The second-order valence-electron chi connectivity index (χ2n) is 3.87. The summed E-state index contributed by atoms with van der Waals surface area (Å²) in [6, 6.07) is 6.07. The van der Waals surface area contributed by atoms with Crippen molar-refractivity contribution < 1.29 is 13.2 Å². The average Bonchev–Trinajstić information content (AvgIpc) is 3.12. The zero-order chi connectivity index (χ0) is 11.8. The lowest BCUT2D eigenvalue weighted by Crippen LogP contribution is -2.18. The summed E-state index contributed by atoms with van der Waals surface area (Å²) in [5, 5.41) is 0. The molecule has 5 heteroatoms. The topological polar surface area (TPSA) is 63.2 Å². The van der Waals surface area contributed by atoms with Crippen molar-refractivity contribution in [2.45, 2.75) is 17.7 Å². The van der Waals surface area contributed by atoms with Crippen molar-refractivity contribution >= 4 is 15.8 Å². The van der Waals surface area contributed by atoms with Crippen molar-refractivity contribution in [2.24, 2.45) is 5.92 Å². The van der Waals surface area contributed by atoms with Crippen molar-refractivity contribution in [2.75, 3.05) is 7.05 Å². The van der Waals surface area contributed by atoms with Crippen LogP contribution in [0.3, 0.4) is 0 Å². The van der Waals surface area contributed by atoms with Crippen LogP contribution in [0, 0.1) is 5.92 Å². The Morgan fingerprint density at radius 1 is 1.25 bits per heavy atom. The number of carbonyl (C=O) groups excluding carboxylic acids is 1. The molecule has 4 nitrogen and oxygen atoms in total. The molecule has 1 aliphatic rings. The molecule has 86 valence electrons. The molecule has 16 heavy (non-hydrogen) atoms. The molecule has 2 rings (SSSR count). The molecule has 0 bridgehead atoms. The zero-order valence-electron chi connectivity index (χ0n) is 8.93. The Kier molecular flexibility index (Phi) is 2.82.